The Morgan fingerprint density at radius 3 is 2.85 bits per heavy atom. The minimum Gasteiger partial charge on any atom is -0.462 e. The Morgan fingerprint density at radius 1 is 1.30 bits per heavy atom. The summed E-state index contributed by atoms with van der Waals surface area (Å²) in [5.74, 6) is 0.0893. The second kappa shape index (κ2) is 6.60. The minimum absolute atomic E-state index is 0.330. The second-order valence-corrected chi connectivity index (χ2v) is 4.12. The molecule has 6 heteroatoms. The van der Waals surface area contributed by atoms with Crippen molar-refractivity contribution in [3.8, 4) is 0 Å². The van der Waals surface area contributed by atoms with Crippen LogP contribution in [0.1, 0.15) is 28.7 Å². The molecule has 104 valence electrons. The summed E-state index contributed by atoms with van der Waals surface area (Å²) in [6.07, 6.45) is 5.00. The molecule has 0 spiro atoms. The highest BCUT2D eigenvalue weighted by atomic mass is 16.5. The van der Waals surface area contributed by atoms with E-state index in [2.05, 4.69) is 20.3 Å². The summed E-state index contributed by atoms with van der Waals surface area (Å²) in [6, 6.07) is 3.37. The first-order valence-corrected chi connectivity index (χ1v) is 6.34. The number of hydrogen-bond donors (Lipinski definition) is 1. The van der Waals surface area contributed by atoms with Crippen LogP contribution in [0.5, 0.6) is 0 Å². The van der Waals surface area contributed by atoms with E-state index in [1.165, 1.54) is 0 Å². The maximum atomic E-state index is 11.8. The monoisotopic (exact) mass is 272 g/mol. The van der Waals surface area contributed by atoms with Crippen LogP contribution in [0.2, 0.25) is 0 Å². The lowest BCUT2D eigenvalue weighted by molar-refractivity contribution is 0.0527. The third kappa shape index (κ3) is 3.50. The molecule has 0 saturated heterocycles. The largest absolute Gasteiger partial charge is 0.462 e. The topological polar surface area (TPSA) is 77.0 Å². The van der Waals surface area contributed by atoms with Gasteiger partial charge < -0.3 is 10.1 Å². The third-order valence-electron chi connectivity index (χ3n) is 2.57. The lowest BCUT2D eigenvalue weighted by Gasteiger charge is -2.09. The van der Waals surface area contributed by atoms with Gasteiger partial charge in [0.25, 0.3) is 0 Å². The van der Waals surface area contributed by atoms with E-state index in [0.29, 0.717) is 24.5 Å². The average molecular weight is 272 g/mol. The van der Waals surface area contributed by atoms with Crippen molar-refractivity contribution >= 4 is 11.8 Å². The molecule has 0 atom stereocenters. The van der Waals surface area contributed by atoms with E-state index in [9.17, 15) is 4.79 Å². The van der Waals surface area contributed by atoms with Crippen LogP contribution in [0.15, 0.2) is 30.7 Å². The van der Waals surface area contributed by atoms with Gasteiger partial charge in [0.1, 0.15) is 11.4 Å². The van der Waals surface area contributed by atoms with Crippen LogP contribution in [0.25, 0.3) is 0 Å². The van der Waals surface area contributed by atoms with Crippen LogP contribution < -0.4 is 5.32 Å². The molecule has 0 bridgehead atoms. The number of pyridine rings is 1. The molecule has 2 rings (SSSR count). The lowest BCUT2D eigenvalue weighted by Crippen LogP contribution is -2.11. The molecule has 0 aliphatic carbocycles. The summed E-state index contributed by atoms with van der Waals surface area (Å²) in [5, 5.41) is 3.07. The van der Waals surface area contributed by atoms with Gasteiger partial charge in [-0.25, -0.2) is 9.78 Å². The van der Waals surface area contributed by atoms with Crippen LogP contribution >= 0.6 is 0 Å². The first-order chi connectivity index (χ1) is 9.70. The van der Waals surface area contributed by atoms with Gasteiger partial charge in [-0.05, 0) is 26.0 Å². The minimum atomic E-state index is -0.391. The van der Waals surface area contributed by atoms with Gasteiger partial charge in [-0.3, -0.25) is 9.97 Å². The van der Waals surface area contributed by atoms with Gasteiger partial charge in [0, 0.05) is 12.4 Å². The Hall–Kier alpha value is -2.50. The zero-order chi connectivity index (χ0) is 14.4. The number of nitrogens with one attached hydrogen (secondary N) is 1. The van der Waals surface area contributed by atoms with Gasteiger partial charge in [-0.2, -0.15) is 0 Å². The van der Waals surface area contributed by atoms with E-state index in [1.54, 1.807) is 37.6 Å². The fourth-order valence-electron chi connectivity index (χ4n) is 1.60. The van der Waals surface area contributed by atoms with E-state index in [1.807, 2.05) is 6.92 Å². The molecule has 0 amide bonds. The Balaban J connectivity index is 2.09. The number of esters is 1. The van der Waals surface area contributed by atoms with Gasteiger partial charge in [-0.1, -0.05) is 0 Å². The highest BCUT2D eigenvalue weighted by Crippen LogP contribution is 2.13. The van der Waals surface area contributed by atoms with Gasteiger partial charge >= 0.3 is 5.97 Å². The second-order valence-electron chi connectivity index (χ2n) is 4.12. The summed E-state index contributed by atoms with van der Waals surface area (Å²) in [7, 11) is 0. The standard InChI is InChI=1S/C14H16N4O2/c1-3-20-14(19)12-5-4-6-15-13(12)18-9-11-8-16-10(2)7-17-11/h4-8H,3,9H2,1-2H3,(H,15,18). The molecule has 0 aliphatic heterocycles. The van der Waals surface area contributed by atoms with Crippen molar-refractivity contribution in [3.05, 3.63) is 47.7 Å². The molecular formula is C14H16N4O2. The predicted octanol–water partition coefficient (Wildman–Crippen LogP) is 1.97. The Morgan fingerprint density at radius 2 is 2.15 bits per heavy atom. The van der Waals surface area contributed by atoms with Crippen LogP contribution in [0.3, 0.4) is 0 Å². The molecule has 6 nitrogen and oxygen atoms in total. The van der Waals surface area contributed by atoms with E-state index < -0.39 is 5.97 Å². The zero-order valence-corrected chi connectivity index (χ0v) is 11.5. The Kier molecular flexibility index (Phi) is 4.60. The van der Waals surface area contributed by atoms with Crippen molar-refractivity contribution in [1.29, 1.82) is 0 Å². The van der Waals surface area contributed by atoms with Crippen LogP contribution in [0.4, 0.5) is 5.82 Å². The number of ether oxygens (including phenoxy) is 1. The number of nitrogens with zero attached hydrogens (tertiary/aromatic N) is 3. The fraction of sp³-hybridized carbons (Fsp3) is 0.286. The van der Waals surface area contributed by atoms with Crippen molar-refractivity contribution in [2.24, 2.45) is 0 Å². The molecule has 0 aromatic carbocycles. The maximum absolute atomic E-state index is 11.8. The van der Waals surface area contributed by atoms with Gasteiger partial charge in [0.05, 0.1) is 30.7 Å². The van der Waals surface area contributed by atoms with Gasteiger partial charge in [-0.15, -0.1) is 0 Å². The van der Waals surface area contributed by atoms with Crippen molar-refractivity contribution in [2.45, 2.75) is 20.4 Å². The summed E-state index contributed by atoms with van der Waals surface area (Å²) in [4.78, 5) is 24.3. The quantitative estimate of drug-likeness (QED) is 0.838. The average Bonchev–Trinajstić information content (AvgIpc) is 2.47. The van der Waals surface area contributed by atoms with E-state index in [0.717, 1.165) is 11.4 Å². The first kappa shape index (κ1) is 13.9. The molecule has 2 aromatic rings. The smallest absolute Gasteiger partial charge is 0.341 e. The number of anilines is 1. The molecule has 0 radical (unpaired) electrons. The SMILES string of the molecule is CCOC(=O)c1cccnc1NCc1cnc(C)cn1. The summed E-state index contributed by atoms with van der Waals surface area (Å²) >= 11 is 0. The van der Waals surface area contributed by atoms with Crippen molar-refractivity contribution in [3.63, 3.8) is 0 Å². The Labute approximate surface area is 117 Å². The molecule has 1 N–H and O–H groups in total. The zero-order valence-electron chi connectivity index (χ0n) is 11.5. The summed E-state index contributed by atoms with van der Waals surface area (Å²) < 4.78 is 4.99. The highest BCUT2D eigenvalue weighted by Gasteiger charge is 2.12. The number of aromatic nitrogens is 3. The molecule has 0 unspecified atom stereocenters. The third-order valence-corrected chi connectivity index (χ3v) is 2.57. The Bertz CT molecular complexity index is 584. The van der Waals surface area contributed by atoms with Gasteiger partial charge in [0.15, 0.2) is 0 Å². The molecule has 0 aliphatic rings. The summed E-state index contributed by atoms with van der Waals surface area (Å²) in [5.41, 5.74) is 2.05. The van der Waals surface area contributed by atoms with Crippen LogP contribution in [-0.2, 0) is 11.3 Å². The number of hydrogen-bond acceptors (Lipinski definition) is 6. The van der Waals surface area contributed by atoms with E-state index >= 15 is 0 Å². The number of carbonyl (C=O) groups is 1. The van der Waals surface area contributed by atoms with E-state index in [4.69, 9.17) is 4.74 Å². The van der Waals surface area contributed by atoms with E-state index in [-0.39, 0.29) is 0 Å². The number of rotatable bonds is 5. The van der Waals surface area contributed by atoms with Crippen LogP contribution in [-0.4, -0.2) is 27.5 Å². The lowest BCUT2D eigenvalue weighted by atomic mass is 10.2. The molecule has 0 fully saturated rings. The molecular weight excluding hydrogens is 256 g/mol. The fourth-order valence-corrected chi connectivity index (χ4v) is 1.60. The van der Waals surface area contributed by atoms with Crippen molar-refractivity contribution in [1.82, 2.24) is 15.0 Å². The van der Waals surface area contributed by atoms with Crippen molar-refractivity contribution < 1.29 is 9.53 Å². The highest BCUT2D eigenvalue weighted by molar-refractivity contribution is 5.94. The first-order valence-electron chi connectivity index (χ1n) is 6.34. The normalized spacial score (nSPS) is 10.1. The number of aryl methyl sites for hydroxylation is 1. The predicted molar refractivity (Wildman–Crippen MR) is 74.3 cm³/mol. The molecule has 2 heterocycles. The molecule has 20 heavy (non-hydrogen) atoms. The summed E-state index contributed by atoms with van der Waals surface area (Å²) in [6.45, 7) is 4.42. The maximum Gasteiger partial charge on any atom is 0.341 e. The number of carbonyl (C=O) groups excluding carboxylic acids is 1. The van der Waals surface area contributed by atoms with Crippen molar-refractivity contribution in [2.75, 3.05) is 11.9 Å². The molecule has 2 aromatic heterocycles. The molecule has 0 saturated carbocycles. The van der Waals surface area contributed by atoms with Crippen LogP contribution in [0, 0.1) is 6.92 Å². The van der Waals surface area contributed by atoms with Gasteiger partial charge in [0.2, 0.25) is 0 Å².